The molecule has 0 amide bonds. The van der Waals surface area contributed by atoms with E-state index in [1.165, 1.54) is 6.20 Å². The molecule has 1 fully saturated rings. The van der Waals surface area contributed by atoms with E-state index >= 15 is 0 Å². The fourth-order valence-electron chi connectivity index (χ4n) is 3.35. The Hall–Kier alpha value is -3.40. The van der Waals surface area contributed by atoms with Crippen LogP contribution in [-0.4, -0.2) is 51.8 Å². The second kappa shape index (κ2) is 9.61. The molecule has 1 aromatic carbocycles. The zero-order valence-electron chi connectivity index (χ0n) is 17.0. The number of carboxylic acids is 1. The molecule has 0 saturated carbocycles. The number of nitrogens with one attached hydrogen (secondary N) is 1. The Balaban J connectivity index is 1.43. The number of rotatable bonds is 8. The van der Waals surface area contributed by atoms with E-state index in [4.69, 9.17) is 14.6 Å². The first kappa shape index (κ1) is 20.9. The molecule has 2 N–H and O–H groups in total. The van der Waals surface area contributed by atoms with Gasteiger partial charge in [-0.1, -0.05) is 23.5 Å². The van der Waals surface area contributed by atoms with Crippen LogP contribution in [0.1, 0.15) is 29.4 Å². The number of hydrogen-bond acceptors (Lipinski definition) is 9. The SMILES string of the molecule is CCOc1ccccc1O[C@@H]1CCCN(c2cncc(Nc3ncc(C(=O)O)s3)n2)C1. The number of carboxylic acid groups (broad SMARTS) is 1. The van der Waals surface area contributed by atoms with Crippen LogP contribution < -0.4 is 19.7 Å². The summed E-state index contributed by atoms with van der Waals surface area (Å²) >= 11 is 1.05. The first-order valence-electron chi connectivity index (χ1n) is 10.0. The van der Waals surface area contributed by atoms with E-state index in [2.05, 4.69) is 25.2 Å². The fourth-order valence-corrected chi connectivity index (χ4v) is 4.01. The van der Waals surface area contributed by atoms with Gasteiger partial charge in [0.25, 0.3) is 0 Å². The molecular formula is C21H23N5O4S. The van der Waals surface area contributed by atoms with E-state index < -0.39 is 5.97 Å². The maximum Gasteiger partial charge on any atom is 0.347 e. The van der Waals surface area contributed by atoms with Crippen molar-refractivity contribution in [1.82, 2.24) is 15.0 Å². The second-order valence-corrected chi connectivity index (χ2v) is 7.96. The topological polar surface area (TPSA) is 110 Å². The smallest absolute Gasteiger partial charge is 0.347 e. The highest BCUT2D eigenvalue weighted by Gasteiger charge is 2.24. The third-order valence-electron chi connectivity index (χ3n) is 4.72. The lowest BCUT2D eigenvalue weighted by Crippen LogP contribution is -2.41. The van der Waals surface area contributed by atoms with Gasteiger partial charge in [-0.05, 0) is 31.9 Å². The molecule has 9 nitrogen and oxygen atoms in total. The Bertz CT molecular complexity index is 1040. The van der Waals surface area contributed by atoms with Crippen molar-refractivity contribution in [2.24, 2.45) is 0 Å². The van der Waals surface area contributed by atoms with Crippen LogP contribution in [0.15, 0.2) is 42.9 Å². The normalized spacial score (nSPS) is 16.0. The third-order valence-corrected chi connectivity index (χ3v) is 5.62. The van der Waals surface area contributed by atoms with E-state index in [1.54, 1.807) is 12.4 Å². The van der Waals surface area contributed by atoms with E-state index in [9.17, 15) is 4.79 Å². The van der Waals surface area contributed by atoms with Gasteiger partial charge in [0.1, 0.15) is 16.8 Å². The molecule has 0 spiro atoms. The van der Waals surface area contributed by atoms with E-state index in [0.717, 1.165) is 48.0 Å². The van der Waals surface area contributed by atoms with Gasteiger partial charge in [0.15, 0.2) is 22.4 Å². The number of para-hydroxylation sites is 2. The zero-order chi connectivity index (χ0) is 21.6. The Kier molecular flexibility index (Phi) is 6.46. The molecule has 0 unspecified atom stereocenters. The minimum Gasteiger partial charge on any atom is -0.490 e. The van der Waals surface area contributed by atoms with Crippen molar-refractivity contribution in [1.29, 1.82) is 0 Å². The Morgan fingerprint density at radius 1 is 1.29 bits per heavy atom. The summed E-state index contributed by atoms with van der Waals surface area (Å²) < 4.78 is 11.9. The summed E-state index contributed by atoms with van der Waals surface area (Å²) in [5.74, 6) is 1.73. The van der Waals surface area contributed by atoms with Crippen molar-refractivity contribution >= 4 is 34.1 Å². The average molecular weight is 442 g/mol. The summed E-state index contributed by atoms with van der Waals surface area (Å²) in [7, 11) is 0. The van der Waals surface area contributed by atoms with Gasteiger partial charge in [-0.25, -0.2) is 14.8 Å². The molecule has 31 heavy (non-hydrogen) atoms. The molecule has 2 aromatic heterocycles. The van der Waals surface area contributed by atoms with Crippen LogP contribution in [0.3, 0.4) is 0 Å². The highest BCUT2D eigenvalue weighted by atomic mass is 32.1. The summed E-state index contributed by atoms with van der Waals surface area (Å²) in [5.41, 5.74) is 0. The van der Waals surface area contributed by atoms with Crippen molar-refractivity contribution in [2.75, 3.05) is 29.9 Å². The molecule has 3 aromatic rings. The number of nitrogens with zero attached hydrogens (tertiary/aromatic N) is 4. The number of thiazole rings is 1. The lowest BCUT2D eigenvalue weighted by Gasteiger charge is -2.33. The van der Waals surface area contributed by atoms with Crippen LogP contribution in [0, 0.1) is 0 Å². The number of hydrogen-bond donors (Lipinski definition) is 2. The molecule has 0 bridgehead atoms. The molecule has 0 radical (unpaired) electrons. The Morgan fingerprint density at radius 2 is 2.13 bits per heavy atom. The van der Waals surface area contributed by atoms with E-state index in [1.807, 2.05) is 31.2 Å². The second-order valence-electron chi connectivity index (χ2n) is 6.93. The number of aromatic nitrogens is 3. The first-order chi connectivity index (χ1) is 15.1. The average Bonchev–Trinajstić information content (AvgIpc) is 3.25. The van der Waals surface area contributed by atoms with Gasteiger partial charge in [-0.2, -0.15) is 0 Å². The van der Waals surface area contributed by atoms with Crippen LogP contribution in [0.25, 0.3) is 0 Å². The lowest BCUT2D eigenvalue weighted by molar-refractivity contribution is 0.0702. The number of benzene rings is 1. The van der Waals surface area contributed by atoms with E-state index in [-0.39, 0.29) is 11.0 Å². The predicted molar refractivity (Wildman–Crippen MR) is 118 cm³/mol. The van der Waals surface area contributed by atoms with Gasteiger partial charge in [0.05, 0.1) is 31.7 Å². The summed E-state index contributed by atoms with van der Waals surface area (Å²) in [6, 6.07) is 7.70. The van der Waals surface area contributed by atoms with Crippen molar-refractivity contribution in [2.45, 2.75) is 25.9 Å². The summed E-state index contributed by atoms with van der Waals surface area (Å²) in [6.45, 7) is 4.07. The number of aromatic carboxylic acids is 1. The molecule has 1 atom stereocenters. The van der Waals surface area contributed by atoms with Crippen LogP contribution in [0.2, 0.25) is 0 Å². The molecule has 1 saturated heterocycles. The van der Waals surface area contributed by atoms with Crippen molar-refractivity contribution in [3.8, 4) is 11.5 Å². The number of piperidine rings is 1. The van der Waals surface area contributed by atoms with Crippen molar-refractivity contribution in [3.05, 3.63) is 47.7 Å². The number of anilines is 3. The molecule has 1 aliphatic heterocycles. The van der Waals surface area contributed by atoms with E-state index in [0.29, 0.717) is 24.1 Å². The third kappa shape index (κ3) is 5.21. The largest absolute Gasteiger partial charge is 0.490 e. The molecule has 3 heterocycles. The Labute approximate surface area is 183 Å². The summed E-state index contributed by atoms with van der Waals surface area (Å²) in [5, 5.41) is 12.5. The van der Waals surface area contributed by atoms with Gasteiger partial charge in [-0.15, -0.1) is 0 Å². The number of ether oxygens (including phenoxy) is 2. The maximum absolute atomic E-state index is 11.0. The van der Waals surface area contributed by atoms with Crippen molar-refractivity contribution < 1.29 is 19.4 Å². The molecular weight excluding hydrogens is 418 g/mol. The number of carbonyl (C=O) groups is 1. The Morgan fingerprint density at radius 3 is 2.90 bits per heavy atom. The minimum atomic E-state index is -1.00. The molecule has 10 heteroatoms. The van der Waals surface area contributed by atoms with Gasteiger partial charge in [-0.3, -0.25) is 4.98 Å². The van der Waals surface area contributed by atoms with Gasteiger partial charge in [0.2, 0.25) is 0 Å². The summed E-state index contributed by atoms with van der Waals surface area (Å²) in [4.78, 5) is 26.3. The molecule has 1 aliphatic rings. The van der Waals surface area contributed by atoms with Crippen LogP contribution in [0.4, 0.5) is 16.8 Å². The maximum atomic E-state index is 11.0. The predicted octanol–water partition coefficient (Wildman–Crippen LogP) is 3.82. The molecule has 4 rings (SSSR count). The van der Waals surface area contributed by atoms with Gasteiger partial charge >= 0.3 is 5.97 Å². The first-order valence-corrected chi connectivity index (χ1v) is 10.9. The monoisotopic (exact) mass is 441 g/mol. The molecule has 0 aliphatic carbocycles. The minimum absolute atomic E-state index is 0.00542. The zero-order valence-corrected chi connectivity index (χ0v) is 17.8. The summed E-state index contributed by atoms with van der Waals surface area (Å²) in [6.07, 6.45) is 6.53. The van der Waals surface area contributed by atoms with Crippen LogP contribution >= 0.6 is 11.3 Å². The quantitative estimate of drug-likeness (QED) is 0.539. The lowest BCUT2D eigenvalue weighted by atomic mass is 10.1. The van der Waals surface area contributed by atoms with Crippen LogP contribution in [-0.2, 0) is 0 Å². The highest BCUT2D eigenvalue weighted by molar-refractivity contribution is 7.17. The van der Waals surface area contributed by atoms with Gasteiger partial charge in [0, 0.05) is 6.54 Å². The standard InChI is InChI=1S/C21H23N5O4S/c1-2-29-15-7-3-4-8-16(15)30-14-6-5-9-26(13-14)19-12-22-11-18(24-19)25-21-23-10-17(31-21)20(27)28/h3-4,7-8,10-12,14H,2,5-6,9,13H2,1H3,(H,27,28)(H,23,24,25)/t14-/m1/s1. The molecule has 162 valence electrons. The van der Waals surface area contributed by atoms with Crippen molar-refractivity contribution in [3.63, 3.8) is 0 Å². The van der Waals surface area contributed by atoms with Crippen LogP contribution in [0.5, 0.6) is 11.5 Å². The highest BCUT2D eigenvalue weighted by Crippen LogP contribution is 2.30. The fraction of sp³-hybridized carbons (Fsp3) is 0.333. The van der Waals surface area contributed by atoms with Gasteiger partial charge < -0.3 is 24.8 Å².